The van der Waals surface area contributed by atoms with Crippen LogP contribution in [0.4, 0.5) is 0 Å². The zero-order valence-electron chi connectivity index (χ0n) is 17.7. The molecule has 1 aliphatic heterocycles. The fourth-order valence-electron chi connectivity index (χ4n) is 3.98. The number of rotatable bonds is 6. The van der Waals surface area contributed by atoms with Crippen LogP contribution in [0.5, 0.6) is 11.5 Å². The van der Waals surface area contributed by atoms with Gasteiger partial charge in [0.25, 0.3) is 5.56 Å². The predicted molar refractivity (Wildman–Crippen MR) is 117 cm³/mol. The van der Waals surface area contributed by atoms with E-state index in [4.69, 9.17) is 9.47 Å². The van der Waals surface area contributed by atoms with Crippen LogP contribution in [0.2, 0.25) is 0 Å². The summed E-state index contributed by atoms with van der Waals surface area (Å²) in [6.45, 7) is 3.67. The Bertz CT molecular complexity index is 1150. The van der Waals surface area contributed by atoms with Crippen molar-refractivity contribution in [3.8, 4) is 17.6 Å². The lowest BCUT2D eigenvalue weighted by molar-refractivity contribution is 0.107. The van der Waals surface area contributed by atoms with Crippen molar-refractivity contribution in [2.45, 2.75) is 12.6 Å². The zero-order chi connectivity index (χ0) is 21.8. The molecule has 0 amide bonds. The number of ether oxygens (including phenoxy) is 2. The molecule has 1 atom stereocenters. The van der Waals surface area contributed by atoms with E-state index >= 15 is 0 Å². The zero-order valence-corrected chi connectivity index (χ0v) is 17.7. The molecule has 0 spiro atoms. The Balaban J connectivity index is 1.47. The highest BCUT2D eigenvalue weighted by atomic mass is 16.5. The summed E-state index contributed by atoms with van der Waals surface area (Å²) >= 11 is 0. The number of piperazine rings is 1. The molecule has 1 unspecified atom stereocenters. The van der Waals surface area contributed by atoms with Crippen LogP contribution in [0.3, 0.4) is 0 Å². The largest absolute Gasteiger partial charge is 0.493 e. The van der Waals surface area contributed by atoms with Gasteiger partial charge < -0.3 is 14.5 Å². The molecular weight excluding hydrogens is 394 g/mol. The lowest BCUT2D eigenvalue weighted by Gasteiger charge is -2.36. The van der Waals surface area contributed by atoms with Crippen molar-refractivity contribution in [2.24, 2.45) is 0 Å². The van der Waals surface area contributed by atoms with Crippen LogP contribution in [-0.4, -0.2) is 60.2 Å². The SMILES string of the molecule is COc1cc2nc(CN3CCN(C(C#N)c4ccccc4)CC3)[nH]c(=O)c2cc1OC. The predicted octanol–water partition coefficient (Wildman–Crippen LogP) is 2.32. The molecule has 1 fully saturated rings. The quantitative estimate of drug-likeness (QED) is 0.655. The van der Waals surface area contributed by atoms with Crippen molar-refractivity contribution in [1.29, 1.82) is 5.26 Å². The number of hydrogen-bond acceptors (Lipinski definition) is 7. The first-order valence-corrected chi connectivity index (χ1v) is 10.2. The van der Waals surface area contributed by atoms with Gasteiger partial charge in [0.05, 0.1) is 37.7 Å². The van der Waals surface area contributed by atoms with Gasteiger partial charge in [-0.05, 0) is 11.6 Å². The minimum Gasteiger partial charge on any atom is -0.493 e. The van der Waals surface area contributed by atoms with Crippen molar-refractivity contribution in [3.63, 3.8) is 0 Å². The van der Waals surface area contributed by atoms with Crippen LogP contribution in [0.15, 0.2) is 47.3 Å². The fraction of sp³-hybridized carbons (Fsp3) is 0.348. The Morgan fingerprint density at radius 1 is 1.10 bits per heavy atom. The van der Waals surface area contributed by atoms with Gasteiger partial charge in [0.15, 0.2) is 11.5 Å². The monoisotopic (exact) mass is 419 g/mol. The van der Waals surface area contributed by atoms with Gasteiger partial charge in [-0.2, -0.15) is 5.26 Å². The molecule has 1 saturated heterocycles. The molecule has 8 nitrogen and oxygen atoms in total. The van der Waals surface area contributed by atoms with Gasteiger partial charge >= 0.3 is 0 Å². The summed E-state index contributed by atoms with van der Waals surface area (Å²) in [6.07, 6.45) is 0. The molecule has 2 heterocycles. The van der Waals surface area contributed by atoms with Crippen molar-refractivity contribution in [3.05, 3.63) is 64.2 Å². The van der Waals surface area contributed by atoms with Crippen LogP contribution in [0.25, 0.3) is 10.9 Å². The number of aromatic nitrogens is 2. The molecule has 1 aliphatic rings. The van der Waals surface area contributed by atoms with Crippen LogP contribution < -0.4 is 15.0 Å². The number of methoxy groups -OCH3 is 2. The summed E-state index contributed by atoms with van der Waals surface area (Å²) in [5.74, 6) is 1.64. The number of fused-ring (bicyclic) bond motifs is 1. The molecule has 1 aromatic heterocycles. The maximum Gasteiger partial charge on any atom is 0.258 e. The smallest absolute Gasteiger partial charge is 0.258 e. The summed E-state index contributed by atoms with van der Waals surface area (Å²) in [7, 11) is 3.09. The standard InChI is InChI=1S/C23H25N5O3/c1-30-20-12-17-18(13-21(20)31-2)25-22(26-23(17)29)15-27-8-10-28(11-9-27)19(14-24)16-6-4-3-5-7-16/h3-7,12-13,19H,8-11,15H2,1-2H3,(H,25,26,29). The fourth-order valence-corrected chi connectivity index (χ4v) is 3.98. The average Bonchev–Trinajstić information content (AvgIpc) is 2.80. The number of nitrogens with one attached hydrogen (secondary N) is 1. The van der Waals surface area contributed by atoms with E-state index in [1.807, 2.05) is 30.3 Å². The molecule has 0 saturated carbocycles. The van der Waals surface area contributed by atoms with E-state index in [9.17, 15) is 10.1 Å². The van der Waals surface area contributed by atoms with E-state index in [2.05, 4.69) is 25.8 Å². The average molecular weight is 419 g/mol. The topological polar surface area (TPSA) is 94.5 Å². The number of H-pyrrole nitrogens is 1. The summed E-state index contributed by atoms with van der Waals surface area (Å²) in [4.78, 5) is 24.5. The molecule has 4 rings (SSSR count). The van der Waals surface area contributed by atoms with Crippen molar-refractivity contribution in [2.75, 3.05) is 40.4 Å². The Morgan fingerprint density at radius 2 is 1.77 bits per heavy atom. The van der Waals surface area contributed by atoms with Gasteiger partial charge in [0.1, 0.15) is 11.9 Å². The molecule has 3 aromatic rings. The van der Waals surface area contributed by atoms with Crippen molar-refractivity contribution < 1.29 is 9.47 Å². The number of nitrogens with zero attached hydrogens (tertiary/aromatic N) is 4. The molecule has 0 radical (unpaired) electrons. The highest BCUT2D eigenvalue weighted by Crippen LogP contribution is 2.30. The highest BCUT2D eigenvalue weighted by molar-refractivity contribution is 5.81. The first kappa shape index (κ1) is 20.8. The van der Waals surface area contributed by atoms with Gasteiger partial charge in [-0.1, -0.05) is 30.3 Å². The molecular formula is C23H25N5O3. The van der Waals surface area contributed by atoms with Gasteiger partial charge in [-0.15, -0.1) is 0 Å². The summed E-state index contributed by atoms with van der Waals surface area (Å²) in [6, 6.07) is 15.4. The highest BCUT2D eigenvalue weighted by Gasteiger charge is 2.25. The lowest BCUT2D eigenvalue weighted by Crippen LogP contribution is -2.47. The van der Waals surface area contributed by atoms with E-state index < -0.39 is 0 Å². The number of benzene rings is 2. The Morgan fingerprint density at radius 3 is 2.42 bits per heavy atom. The van der Waals surface area contributed by atoms with Crippen LogP contribution in [-0.2, 0) is 6.54 Å². The first-order chi connectivity index (χ1) is 15.1. The van der Waals surface area contributed by atoms with Crippen molar-refractivity contribution >= 4 is 10.9 Å². The summed E-state index contributed by atoms with van der Waals surface area (Å²) < 4.78 is 10.6. The minimum absolute atomic E-state index is 0.201. The molecule has 0 aliphatic carbocycles. The van der Waals surface area contributed by atoms with Crippen LogP contribution in [0.1, 0.15) is 17.4 Å². The van der Waals surface area contributed by atoms with Crippen LogP contribution >= 0.6 is 0 Å². The Labute approximate surface area is 180 Å². The molecule has 1 N–H and O–H groups in total. The number of aromatic amines is 1. The van der Waals surface area contributed by atoms with Gasteiger partial charge in [-0.25, -0.2) is 4.98 Å². The number of nitriles is 1. The third-order valence-corrected chi connectivity index (χ3v) is 5.64. The van der Waals surface area contributed by atoms with Crippen LogP contribution in [0, 0.1) is 11.3 Å². The maximum absolute atomic E-state index is 12.6. The van der Waals surface area contributed by atoms with E-state index in [0.29, 0.717) is 34.8 Å². The number of hydrogen-bond donors (Lipinski definition) is 1. The normalized spacial score (nSPS) is 16.0. The molecule has 2 aromatic carbocycles. The van der Waals surface area contributed by atoms with E-state index in [1.54, 1.807) is 19.2 Å². The van der Waals surface area contributed by atoms with Gasteiger partial charge in [0.2, 0.25) is 0 Å². The minimum atomic E-state index is -0.246. The van der Waals surface area contributed by atoms with Gasteiger partial charge in [0, 0.05) is 32.2 Å². The van der Waals surface area contributed by atoms with Gasteiger partial charge in [-0.3, -0.25) is 14.6 Å². The Kier molecular flexibility index (Phi) is 6.16. The third kappa shape index (κ3) is 4.38. The second kappa shape index (κ2) is 9.16. The molecule has 160 valence electrons. The summed E-state index contributed by atoms with van der Waals surface area (Å²) in [5, 5.41) is 10.1. The van der Waals surface area contributed by atoms with E-state index in [0.717, 1.165) is 31.7 Å². The first-order valence-electron chi connectivity index (χ1n) is 10.2. The molecule has 8 heteroatoms. The molecule has 0 bridgehead atoms. The second-order valence-corrected chi connectivity index (χ2v) is 7.49. The van der Waals surface area contributed by atoms with Crippen molar-refractivity contribution in [1.82, 2.24) is 19.8 Å². The third-order valence-electron chi connectivity index (χ3n) is 5.64. The lowest BCUT2D eigenvalue weighted by atomic mass is 10.1. The molecule has 31 heavy (non-hydrogen) atoms. The van der Waals surface area contributed by atoms with E-state index in [-0.39, 0.29) is 11.6 Å². The maximum atomic E-state index is 12.6. The second-order valence-electron chi connectivity index (χ2n) is 7.49. The van der Waals surface area contributed by atoms with E-state index in [1.165, 1.54) is 7.11 Å². The summed E-state index contributed by atoms with van der Waals surface area (Å²) in [5.41, 5.74) is 1.39. The Hall–Kier alpha value is -3.41.